The van der Waals surface area contributed by atoms with Gasteiger partial charge in [0.25, 0.3) is 0 Å². The SMILES string of the molecule is CCCCc1ccc(-c2ccc(C3CCC(OCCC)CO3)c(F)c2F)cc1F. The first-order chi connectivity index (χ1) is 14.0. The summed E-state index contributed by atoms with van der Waals surface area (Å²) in [5.41, 5.74) is 1.21. The third kappa shape index (κ3) is 5.20. The lowest BCUT2D eigenvalue weighted by molar-refractivity contribution is -0.0875. The van der Waals surface area contributed by atoms with Crippen LogP contribution in [0.5, 0.6) is 0 Å². The normalized spacial score (nSPS) is 19.5. The molecule has 2 atom stereocenters. The van der Waals surface area contributed by atoms with E-state index in [2.05, 4.69) is 0 Å². The van der Waals surface area contributed by atoms with E-state index >= 15 is 0 Å². The first-order valence-corrected chi connectivity index (χ1v) is 10.5. The van der Waals surface area contributed by atoms with Crippen molar-refractivity contribution in [1.29, 1.82) is 0 Å². The molecule has 1 fully saturated rings. The van der Waals surface area contributed by atoms with E-state index in [-0.39, 0.29) is 23.0 Å². The summed E-state index contributed by atoms with van der Waals surface area (Å²) in [5, 5.41) is 0. The van der Waals surface area contributed by atoms with Crippen LogP contribution >= 0.6 is 0 Å². The molecule has 1 aliphatic rings. The third-order valence-corrected chi connectivity index (χ3v) is 5.41. The molecule has 1 aliphatic heterocycles. The number of benzene rings is 2. The van der Waals surface area contributed by atoms with Crippen molar-refractivity contribution in [3.05, 3.63) is 58.9 Å². The van der Waals surface area contributed by atoms with Gasteiger partial charge in [-0.3, -0.25) is 0 Å². The average molecular weight is 406 g/mol. The second kappa shape index (κ2) is 10.3. The second-order valence-electron chi connectivity index (χ2n) is 7.63. The highest BCUT2D eigenvalue weighted by Crippen LogP contribution is 2.35. The molecule has 0 bridgehead atoms. The van der Waals surface area contributed by atoms with Gasteiger partial charge in [-0.05, 0) is 49.3 Å². The molecular weight excluding hydrogens is 377 g/mol. The Hall–Kier alpha value is -1.85. The quantitative estimate of drug-likeness (QED) is 0.482. The zero-order valence-electron chi connectivity index (χ0n) is 17.1. The predicted molar refractivity (Wildman–Crippen MR) is 108 cm³/mol. The highest BCUT2D eigenvalue weighted by molar-refractivity contribution is 5.65. The van der Waals surface area contributed by atoms with Gasteiger partial charge in [-0.1, -0.05) is 44.5 Å². The molecule has 2 unspecified atom stereocenters. The van der Waals surface area contributed by atoms with Crippen LogP contribution in [-0.4, -0.2) is 19.3 Å². The van der Waals surface area contributed by atoms with Crippen LogP contribution in [0.1, 0.15) is 63.2 Å². The van der Waals surface area contributed by atoms with E-state index in [0.717, 1.165) is 25.7 Å². The van der Waals surface area contributed by atoms with Crippen LogP contribution in [0, 0.1) is 17.5 Å². The molecule has 2 aromatic rings. The van der Waals surface area contributed by atoms with Crippen molar-refractivity contribution in [3.8, 4) is 11.1 Å². The van der Waals surface area contributed by atoms with Crippen molar-refractivity contribution in [3.63, 3.8) is 0 Å². The fourth-order valence-corrected chi connectivity index (χ4v) is 3.71. The summed E-state index contributed by atoms with van der Waals surface area (Å²) in [6.45, 7) is 5.12. The lowest BCUT2D eigenvalue weighted by Crippen LogP contribution is -2.28. The highest BCUT2D eigenvalue weighted by atomic mass is 19.2. The van der Waals surface area contributed by atoms with Crippen LogP contribution in [-0.2, 0) is 15.9 Å². The molecule has 0 amide bonds. The van der Waals surface area contributed by atoms with Crippen LogP contribution in [0.3, 0.4) is 0 Å². The molecule has 0 spiro atoms. The molecule has 1 saturated heterocycles. The fourth-order valence-electron chi connectivity index (χ4n) is 3.71. The first-order valence-electron chi connectivity index (χ1n) is 10.5. The van der Waals surface area contributed by atoms with Gasteiger partial charge in [0.2, 0.25) is 0 Å². The number of hydrogen-bond donors (Lipinski definition) is 0. The number of rotatable bonds is 8. The third-order valence-electron chi connectivity index (χ3n) is 5.41. The maximum Gasteiger partial charge on any atom is 0.167 e. The number of hydrogen-bond acceptors (Lipinski definition) is 2. The van der Waals surface area contributed by atoms with Crippen molar-refractivity contribution in [1.82, 2.24) is 0 Å². The van der Waals surface area contributed by atoms with Crippen molar-refractivity contribution >= 4 is 0 Å². The predicted octanol–water partition coefficient (Wildman–Crippen LogP) is 6.76. The van der Waals surface area contributed by atoms with Crippen molar-refractivity contribution in [2.45, 2.75) is 64.6 Å². The van der Waals surface area contributed by atoms with Gasteiger partial charge in [-0.25, -0.2) is 13.2 Å². The molecule has 0 N–H and O–H groups in total. The van der Waals surface area contributed by atoms with E-state index in [9.17, 15) is 13.2 Å². The smallest absolute Gasteiger partial charge is 0.167 e. The van der Waals surface area contributed by atoms with Gasteiger partial charge in [0, 0.05) is 17.7 Å². The maximum absolute atomic E-state index is 14.8. The lowest BCUT2D eigenvalue weighted by atomic mass is 9.95. The maximum atomic E-state index is 14.8. The Labute approximate surface area is 171 Å². The molecule has 2 aromatic carbocycles. The molecular formula is C24H29F3O2. The van der Waals surface area contributed by atoms with Gasteiger partial charge in [0.15, 0.2) is 11.6 Å². The summed E-state index contributed by atoms with van der Waals surface area (Å²) in [7, 11) is 0. The summed E-state index contributed by atoms with van der Waals surface area (Å²) >= 11 is 0. The Balaban J connectivity index is 1.76. The minimum Gasteiger partial charge on any atom is -0.376 e. The van der Waals surface area contributed by atoms with Crippen LogP contribution in [0.2, 0.25) is 0 Å². The molecule has 5 heteroatoms. The molecule has 0 aliphatic carbocycles. The van der Waals surface area contributed by atoms with Crippen molar-refractivity contribution < 1.29 is 22.6 Å². The van der Waals surface area contributed by atoms with Crippen molar-refractivity contribution in [2.24, 2.45) is 0 Å². The van der Waals surface area contributed by atoms with E-state index in [0.29, 0.717) is 37.2 Å². The van der Waals surface area contributed by atoms with Gasteiger partial charge >= 0.3 is 0 Å². The summed E-state index contributed by atoms with van der Waals surface area (Å²) in [6.07, 6.45) is 4.27. The fraction of sp³-hybridized carbons (Fsp3) is 0.500. The first kappa shape index (κ1) is 21.8. The Morgan fingerprint density at radius 2 is 1.83 bits per heavy atom. The van der Waals surface area contributed by atoms with E-state index in [1.807, 2.05) is 13.8 Å². The van der Waals surface area contributed by atoms with Crippen LogP contribution < -0.4 is 0 Å². The van der Waals surface area contributed by atoms with E-state index in [1.165, 1.54) is 12.1 Å². The molecule has 3 rings (SSSR count). The van der Waals surface area contributed by atoms with Gasteiger partial charge in [0.05, 0.1) is 18.8 Å². The van der Waals surface area contributed by atoms with Gasteiger partial charge < -0.3 is 9.47 Å². The monoisotopic (exact) mass is 406 g/mol. The van der Waals surface area contributed by atoms with E-state index in [1.54, 1.807) is 18.2 Å². The van der Waals surface area contributed by atoms with Crippen LogP contribution in [0.4, 0.5) is 13.2 Å². The Kier molecular flexibility index (Phi) is 7.73. The topological polar surface area (TPSA) is 18.5 Å². The van der Waals surface area contributed by atoms with Crippen LogP contribution in [0.15, 0.2) is 30.3 Å². The molecule has 158 valence electrons. The number of unbranched alkanes of at least 4 members (excludes halogenated alkanes) is 1. The van der Waals surface area contributed by atoms with Gasteiger partial charge in [0.1, 0.15) is 5.82 Å². The Bertz CT molecular complexity index is 814. The highest BCUT2D eigenvalue weighted by Gasteiger charge is 2.27. The molecule has 0 saturated carbocycles. The van der Waals surface area contributed by atoms with E-state index < -0.39 is 17.7 Å². The number of halogens is 3. The lowest BCUT2D eigenvalue weighted by Gasteiger charge is -2.29. The molecule has 2 nitrogen and oxygen atoms in total. The van der Waals surface area contributed by atoms with Gasteiger partial charge in [-0.15, -0.1) is 0 Å². The number of aryl methyl sites for hydroxylation is 1. The minimum atomic E-state index is -0.962. The summed E-state index contributed by atoms with van der Waals surface area (Å²) < 4.78 is 55.3. The molecule has 0 radical (unpaired) electrons. The zero-order chi connectivity index (χ0) is 20.8. The second-order valence-corrected chi connectivity index (χ2v) is 7.63. The van der Waals surface area contributed by atoms with Crippen molar-refractivity contribution in [2.75, 3.05) is 13.2 Å². The number of ether oxygens (including phenoxy) is 2. The van der Waals surface area contributed by atoms with Gasteiger partial charge in [-0.2, -0.15) is 0 Å². The molecule has 1 heterocycles. The average Bonchev–Trinajstić information content (AvgIpc) is 2.74. The standard InChI is InChI=1S/C24H29F3O2/c1-3-5-6-16-7-8-17(14-21(16)25)19-10-11-20(24(27)23(19)26)22-12-9-18(15-29-22)28-13-4-2/h7-8,10-11,14,18,22H,3-6,9,12-13,15H2,1-2H3. The van der Waals surface area contributed by atoms with Crippen LogP contribution in [0.25, 0.3) is 11.1 Å². The Morgan fingerprint density at radius 1 is 1.00 bits per heavy atom. The molecule has 29 heavy (non-hydrogen) atoms. The minimum absolute atomic E-state index is 0.00702. The molecule has 0 aromatic heterocycles. The Morgan fingerprint density at radius 3 is 2.48 bits per heavy atom. The summed E-state index contributed by atoms with van der Waals surface area (Å²) in [4.78, 5) is 0. The summed E-state index contributed by atoms with van der Waals surface area (Å²) in [6, 6.07) is 7.66. The summed E-state index contributed by atoms with van der Waals surface area (Å²) in [5.74, 6) is -2.26. The van der Waals surface area contributed by atoms with E-state index in [4.69, 9.17) is 9.47 Å². The largest absolute Gasteiger partial charge is 0.376 e. The zero-order valence-corrected chi connectivity index (χ0v) is 17.1.